The third-order valence-electron chi connectivity index (χ3n) is 0.953. The van der Waals surface area contributed by atoms with Crippen LogP contribution in [0.1, 0.15) is 26.7 Å². The number of halogens is 1. The van der Waals surface area contributed by atoms with E-state index in [9.17, 15) is 4.39 Å². The second-order valence-corrected chi connectivity index (χ2v) is 2.06. The lowest BCUT2D eigenvalue weighted by Crippen LogP contribution is -2.12. The third-order valence-corrected chi connectivity index (χ3v) is 0.953. The van der Waals surface area contributed by atoms with E-state index in [1.807, 2.05) is 6.92 Å². The summed E-state index contributed by atoms with van der Waals surface area (Å²) in [4.78, 5) is 0. The van der Waals surface area contributed by atoms with Gasteiger partial charge in [0.05, 0.1) is 0 Å². The molecular formula is C6H10FN. The Kier molecular flexibility index (Phi) is 2.47. The molecule has 0 amide bonds. The highest BCUT2D eigenvalue weighted by Crippen LogP contribution is 2.14. The van der Waals surface area contributed by atoms with Crippen molar-refractivity contribution in [2.24, 2.45) is 0 Å². The van der Waals surface area contributed by atoms with Crippen LogP contribution in [-0.2, 0) is 0 Å². The smallest absolute Gasteiger partial charge is 0.193 e. The molecule has 0 fully saturated rings. The molecule has 8 heavy (non-hydrogen) atoms. The Morgan fingerprint density at radius 3 is 2.38 bits per heavy atom. The maximum Gasteiger partial charge on any atom is 0.193 e. The molecule has 0 N–H and O–H groups in total. The maximum absolute atomic E-state index is 12.5. The van der Waals surface area contributed by atoms with Gasteiger partial charge in [0.15, 0.2) is 5.67 Å². The van der Waals surface area contributed by atoms with Crippen LogP contribution in [0.5, 0.6) is 0 Å². The fourth-order valence-electron chi connectivity index (χ4n) is 0.525. The van der Waals surface area contributed by atoms with Crippen molar-refractivity contribution in [1.29, 1.82) is 5.26 Å². The topological polar surface area (TPSA) is 23.8 Å². The Hall–Kier alpha value is -0.580. The van der Waals surface area contributed by atoms with Crippen molar-refractivity contribution in [3.05, 3.63) is 0 Å². The first-order chi connectivity index (χ1) is 3.62. The van der Waals surface area contributed by atoms with Gasteiger partial charge in [-0.2, -0.15) is 5.26 Å². The first-order valence-electron chi connectivity index (χ1n) is 2.72. The maximum atomic E-state index is 12.5. The molecule has 0 bridgehead atoms. The van der Waals surface area contributed by atoms with E-state index in [0.29, 0.717) is 6.42 Å². The van der Waals surface area contributed by atoms with Crippen LogP contribution in [0.3, 0.4) is 0 Å². The lowest BCUT2D eigenvalue weighted by atomic mass is 10.1. The Balaban J connectivity index is 3.59. The molecule has 46 valence electrons. The molecule has 0 rings (SSSR count). The van der Waals surface area contributed by atoms with E-state index in [1.165, 1.54) is 6.92 Å². The van der Waals surface area contributed by atoms with E-state index >= 15 is 0 Å². The van der Waals surface area contributed by atoms with Crippen LogP contribution in [0, 0.1) is 11.3 Å². The molecule has 0 saturated carbocycles. The quantitative estimate of drug-likeness (QED) is 0.540. The van der Waals surface area contributed by atoms with Crippen LogP contribution < -0.4 is 0 Å². The summed E-state index contributed by atoms with van der Waals surface area (Å²) in [5.74, 6) is 0. The third kappa shape index (κ3) is 2.57. The standard InChI is InChI=1S/C6H10FN/c1-3-4-6(2,7)5-8/h3-4H2,1-2H3. The van der Waals surface area contributed by atoms with E-state index in [1.54, 1.807) is 6.07 Å². The first kappa shape index (κ1) is 7.42. The van der Waals surface area contributed by atoms with Gasteiger partial charge in [-0.25, -0.2) is 4.39 Å². The van der Waals surface area contributed by atoms with Crippen molar-refractivity contribution >= 4 is 0 Å². The molecule has 1 unspecified atom stereocenters. The van der Waals surface area contributed by atoms with Crippen LogP contribution in [0.25, 0.3) is 0 Å². The molecule has 0 heterocycles. The largest absolute Gasteiger partial charge is 0.228 e. The van der Waals surface area contributed by atoms with Crippen molar-refractivity contribution < 1.29 is 4.39 Å². The minimum Gasteiger partial charge on any atom is -0.228 e. The van der Waals surface area contributed by atoms with Crippen LogP contribution in [0.2, 0.25) is 0 Å². The Morgan fingerprint density at radius 1 is 1.75 bits per heavy atom. The lowest BCUT2D eigenvalue weighted by molar-refractivity contribution is 0.248. The van der Waals surface area contributed by atoms with Crippen molar-refractivity contribution in [3.8, 4) is 6.07 Å². The Morgan fingerprint density at radius 2 is 2.25 bits per heavy atom. The van der Waals surface area contributed by atoms with Crippen LogP contribution >= 0.6 is 0 Å². The molecule has 0 aliphatic carbocycles. The van der Waals surface area contributed by atoms with E-state index in [4.69, 9.17) is 5.26 Å². The van der Waals surface area contributed by atoms with E-state index in [2.05, 4.69) is 0 Å². The molecule has 0 aromatic rings. The number of nitriles is 1. The number of nitrogens with zero attached hydrogens (tertiary/aromatic N) is 1. The number of hydrogen-bond donors (Lipinski definition) is 0. The van der Waals surface area contributed by atoms with E-state index in [0.717, 1.165) is 6.42 Å². The summed E-state index contributed by atoms with van der Waals surface area (Å²) in [5.41, 5.74) is -1.60. The number of alkyl halides is 1. The molecule has 0 aliphatic heterocycles. The second kappa shape index (κ2) is 2.66. The molecule has 0 radical (unpaired) electrons. The summed E-state index contributed by atoms with van der Waals surface area (Å²) in [5, 5.41) is 8.10. The summed E-state index contributed by atoms with van der Waals surface area (Å²) in [6.07, 6.45) is 1.06. The molecule has 1 atom stereocenters. The highest BCUT2D eigenvalue weighted by Gasteiger charge is 2.19. The van der Waals surface area contributed by atoms with Gasteiger partial charge < -0.3 is 0 Å². The monoisotopic (exact) mass is 115 g/mol. The minimum atomic E-state index is -1.60. The van der Waals surface area contributed by atoms with Gasteiger partial charge in [-0.1, -0.05) is 13.3 Å². The normalized spacial score (nSPS) is 16.8. The van der Waals surface area contributed by atoms with Gasteiger partial charge in [-0.3, -0.25) is 0 Å². The zero-order valence-corrected chi connectivity index (χ0v) is 5.24. The van der Waals surface area contributed by atoms with Crippen LogP contribution in [0.4, 0.5) is 4.39 Å². The number of hydrogen-bond acceptors (Lipinski definition) is 1. The van der Waals surface area contributed by atoms with Gasteiger partial charge in [0, 0.05) is 0 Å². The molecule has 2 heteroatoms. The molecule has 0 aliphatic rings. The minimum absolute atomic E-state index is 0.337. The lowest BCUT2D eigenvalue weighted by Gasteiger charge is -2.06. The molecule has 0 saturated heterocycles. The van der Waals surface area contributed by atoms with E-state index < -0.39 is 5.67 Å². The summed E-state index contributed by atoms with van der Waals surface area (Å²) < 4.78 is 12.5. The van der Waals surface area contributed by atoms with Crippen LogP contribution in [0.15, 0.2) is 0 Å². The SMILES string of the molecule is CCCC(C)(F)C#N. The van der Waals surface area contributed by atoms with Gasteiger partial charge in [0.2, 0.25) is 0 Å². The molecule has 1 nitrogen and oxygen atoms in total. The summed E-state index contributed by atoms with van der Waals surface area (Å²) in [7, 11) is 0. The molecular weight excluding hydrogens is 105 g/mol. The fraction of sp³-hybridized carbons (Fsp3) is 0.833. The van der Waals surface area contributed by atoms with E-state index in [-0.39, 0.29) is 0 Å². The van der Waals surface area contributed by atoms with Crippen LogP contribution in [-0.4, -0.2) is 5.67 Å². The van der Waals surface area contributed by atoms with Gasteiger partial charge in [0.1, 0.15) is 6.07 Å². The van der Waals surface area contributed by atoms with Crippen molar-refractivity contribution in [1.82, 2.24) is 0 Å². The molecule has 0 spiro atoms. The van der Waals surface area contributed by atoms with Crippen molar-refractivity contribution in [2.75, 3.05) is 0 Å². The summed E-state index contributed by atoms with van der Waals surface area (Å²) in [6, 6.07) is 1.58. The number of rotatable bonds is 2. The zero-order valence-electron chi connectivity index (χ0n) is 5.24. The highest BCUT2D eigenvalue weighted by molar-refractivity contribution is 4.95. The van der Waals surface area contributed by atoms with Crippen molar-refractivity contribution in [2.45, 2.75) is 32.4 Å². The second-order valence-electron chi connectivity index (χ2n) is 2.06. The van der Waals surface area contributed by atoms with Gasteiger partial charge in [-0.05, 0) is 13.3 Å². The summed E-state index contributed by atoms with van der Waals surface area (Å²) >= 11 is 0. The fourth-order valence-corrected chi connectivity index (χ4v) is 0.525. The van der Waals surface area contributed by atoms with Crippen molar-refractivity contribution in [3.63, 3.8) is 0 Å². The molecule has 0 aromatic heterocycles. The summed E-state index contributed by atoms with van der Waals surface area (Å²) in [6.45, 7) is 3.16. The predicted molar refractivity (Wildman–Crippen MR) is 30.0 cm³/mol. The Bertz CT molecular complexity index is 102. The first-order valence-corrected chi connectivity index (χ1v) is 2.72. The van der Waals surface area contributed by atoms with Gasteiger partial charge in [-0.15, -0.1) is 0 Å². The van der Waals surface area contributed by atoms with Gasteiger partial charge >= 0.3 is 0 Å². The zero-order chi connectivity index (χ0) is 6.62. The average molecular weight is 115 g/mol. The molecule has 0 aromatic carbocycles. The Labute approximate surface area is 49.1 Å². The van der Waals surface area contributed by atoms with Gasteiger partial charge in [0.25, 0.3) is 0 Å². The predicted octanol–water partition coefficient (Wildman–Crippen LogP) is 2.04. The highest BCUT2D eigenvalue weighted by atomic mass is 19.1. The average Bonchev–Trinajstić information content (AvgIpc) is 1.67.